The van der Waals surface area contributed by atoms with Crippen LogP contribution in [0.2, 0.25) is 0 Å². The zero-order valence-corrected chi connectivity index (χ0v) is 19.8. The van der Waals surface area contributed by atoms with Gasteiger partial charge in [-0.25, -0.2) is 4.79 Å². The minimum Gasteiger partial charge on any atom is -0.497 e. The van der Waals surface area contributed by atoms with Gasteiger partial charge >= 0.3 is 5.97 Å². The van der Waals surface area contributed by atoms with Crippen LogP contribution in [0, 0.1) is 0 Å². The van der Waals surface area contributed by atoms with E-state index in [1.807, 2.05) is 18.2 Å². The summed E-state index contributed by atoms with van der Waals surface area (Å²) in [4.78, 5) is 16.0. The van der Waals surface area contributed by atoms with Gasteiger partial charge in [0.15, 0.2) is 0 Å². The summed E-state index contributed by atoms with van der Waals surface area (Å²) in [5.74, 6) is -0.0696. The molecule has 2 N–H and O–H groups in total. The number of para-hydroxylation sites is 1. The van der Waals surface area contributed by atoms with Gasteiger partial charge in [-0.1, -0.05) is 39.0 Å². The monoisotopic (exact) mass is 440 g/mol. The fraction of sp³-hybridized carbons (Fsp3) is 0.500. The fourth-order valence-electron chi connectivity index (χ4n) is 4.56. The summed E-state index contributed by atoms with van der Waals surface area (Å²) in [6.07, 6.45) is 0.107. The van der Waals surface area contributed by atoms with Crippen molar-refractivity contribution in [3.05, 3.63) is 59.2 Å². The molecule has 32 heavy (non-hydrogen) atoms. The summed E-state index contributed by atoms with van der Waals surface area (Å²) < 4.78 is 5.40. The Labute approximate surface area is 191 Å². The number of hydrogen-bond donors (Lipinski definition) is 2. The first-order valence-electron chi connectivity index (χ1n) is 11.3. The third-order valence-electron chi connectivity index (χ3n) is 6.27. The minimum atomic E-state index is -0.903. The Hall–Kier alpha value is -2.57. The Bertz CT molecular complexity index is 938. The first kappa shape index (κ1) is 24.1. The Morgan fingerprint density at radius 2 is 1.91 bits per heavy atom. The predicted molar refractivity (Wildman–Crippen MR) is 128 cm³/mol. The van der Waals surface area contributed by atoms with E-state index in [-0.39, 0.29) is 11.5 Å². The molecule has 0 saturated carbocycles. The molecule has 174 valence electrons. The number of piperazine rings is 1. The van der Waals surface area contributed by atoms with Crippen LogP contribution < -0.4 is 9.64 Å². The molecule has 2 atom stereocenters. The van der Waals surface area contributed by atoms with Crippen LogP contribution in [0.5, 0.6) is 5.75 Å². The quantitative estimate of drug-likeness (QED) is 0.682. The molecule has 1 saturated heterocycles. The molecule has 0 spiro atoms. The van der Waals surface area contributed by atoms with E-state index in [2.05, 4.69) is 49.6 Å². The Morgan fingerprint density at radius 1 is 1.19 bits per heavy atom. The molecule has 0 aliphatic carbocycles. The van der Waals surface area contributed by atoms with Crippen molar-refractivity contribution >= 4 is 11.7 Å². The molecule has 0 bridgehead atoms. The maximum Gasteiger partial charge on any atom is 0.337 e. The van der Waals surface area contributed by atoms with E-state index in [9.17, 15) is 15.0 Å². The average molecular weight is 441 g/mol. The predicted octanol–water partition coefficient (Wildman–Crippen LogP) is 3.81. The lowest BCUT2D eigenvalue weighted by molar-refractivity contribution is 0.0696. The highest BCUT2D eigenvalue weighted by Gasteiger charge is 2.28. The standard InChI is InChI=1S/C26H36N2O4/c1-18-16-28(24-9-7-6-8-22(24)25(30)31)13-12-27(18)17-20(29)14-19-10-11-21(32-5)15-23(19)26(2,3)4/h6-11,15,18,20,29H,12-14,16-17H2,1-5H3,(H,30,31). The molecule has 1 heterocycles. The van der Waals surface area contributed by atoms with Crippen LogP contribution in [0.15, 0.2) is 42.5 Å². The number of methoxy groups -OCH3 is 1. The first-order valence-corrected chi connectivity index (χ1v) is 11.3. The average Bonchev–Trinajstić information content (AvgIpc) is 2.74. The molecule has 0 radical (unpaired) electrons. The number of carboxylic acid groups (broad SMARTS) is 1. The van der Waals surface area contributed by atoms with Crippen molar-refractivity contribution in [2.24, 2.45) is 0 Å². The number of aliphatic hydroxyl groups is 1. The molecular formula is C26H36N2O4. The normalized spacial score (nSPS) is 18.4. The van der Waals surface area contributed by atoms with Crippen LogP contribution in [0.1, 0.15) is 49.2 Å². The highest BCUT2D eigenvalue weighted by molar-refractivity contribution is 5.94. The van der Waals surface area contributed by atoms with Gasteiger partial charge in [0.05, 0.1) is 24.5 Å². The number of anilines is 1. The van der Waals surface area contributed by atoms with Crippen molar-refractivity contribution in [1.29, 1.82) is 0 Å². The molecule has 0 amide bonds. The summed E-state index contributed by atoms with van der Waals surface area (Å²) in [6.45, 7) is 11.5. The van der Waals surface area contributed by atoms with Crippen molar-refractivity contribution in [2.45, 2.75) is 51.7 Å². The van der Waals surface area contributed by atoms with Gasteiger partial charge in [0.25, 0.3) is 0 Å². The van der Waals surface area contributed by atoms with Crippen LogP contribution in [0.4, 0.5) is 5.69 Å². The number of aliphatic hydroxyl groups excluding tert-OH is 1. The summed E-state index contributed by atoms with van der Waals surface area (Å²) in [7, 11) is 1.67. The van der Waals surface area contributed by atoms with Gasteiger partial charge in [0.1, 0.15) is 5.75 Å². The summed E-state index contributed by atoms with van der Waals surface area (Å²) in [6, 6.07) is 13.5. The summed E-state index contributed by atoms with van der Waals surface area (Å²) in [5, 5.41) is 20.4. The lowest BCUT2D eigenvalue weighted by Crippen LogP contribution is -2.54. The third-order valence-corrected chi connectivity index (χ3v) is 6.27. The third kappa shape index (κ3) is 5.61. The van der Waals surface area contributed by atoms with E-state index in [0.717, 1.165) is 36.6 Å². The smallest absolute Gasteiger partial charge is 0.337 e. The number of hydrogen-bond acceptors (Lipinski definition) is 5. The molecule has 0 aromatic heterocycles. The molecule has 2 aromatic rings. The number of carboxylic acids is 1. The molecule has 6 nitrogen and oxygen atoms in total. The van der Waals surface area contributed by atoms with E-state index in [1.165, 1.54) is 5.56 Å². The number of benzene rings is 2. The number of carbonyl (C=O) groups is 1. The van der Waals surface area contributed by atoms with Gasteiger partial charge in [-0.3, -0.25) is 4.90 Å². The van der Waals surface area contributed by atoms with E-state index in [4.69, 9.17) is 4.74 Å². The summed E-state index contributed by atoms with van der Waals surface area (Å²) in [5.41, 5.74) is 3.40. The number of rotatable bonds is 7. The lowest BCUT2D eigenvalue weighted by Gasteiger charge is -2.42. The SMILES string of the molecule is COc1ccc(CC(O)CN2CCN(c3ccccc3C(=O)O)CC2C)c(C(C)(C)C)c1. The zero-order chi connectivity index (χ0) is 23.5. The Morgan fingerprint density at radius 3 is 2.53 bits per heavy atom. The molecule has 3 rings (SSSR count). The van der Waals surface area contributed by atoms with Gasteiger partial charge in [0, 0.05) is 32.2 Å². The second-order valence-electron chi connectivity index (χ2n) is 9.74. The van der Waals surface area contributed by atoms with Crippen LogP contribution in [-0.4, -0.2) is 66.5 Å². The highest BCUT2D eigenvalue weighted by atomic mass is 16.5. The van der Waals surface area contributed by atoms with Crippen molar-refractivity contribution in [3.63, 3.8) is 0 Å². The van der Waals surface area contributed by atoms with E-state index >= 15 is 0 Å². The maximum atomic E-state index is 11.6. The van der Waals surface area contributed by atoms with Gasteiger partial charge in [0.2, 0.25) is 0 Å². The Kier molecular flexibility index (Phi) is 7.47. The number of aromatic carboxylic acids is 1. The number of nitrogens with zero attached hydrogens (tertiary/aromatic N) is 2. The van der Waals surface area contributed by atoms with Crippen LogP contribution in [-0.2, 0) is 11.8 Å². The van der Waals surface area contributed by atoms with Crippen molar-refractivity contribution in [1.82, 2.24) is 4.90 Å². The van der Waals surface area contributed by atoms with E-state index < -0.39 is 12.1 Å². The van der Waals surface area contributed by atoms with E-state index in [0.29, 0.717) is 18.5 Å². The molecule has 6 heteroatoms. The molecule has 2 unspecified atom stereocenters. The topological polar surface area (TPSA) is 73.2 Å². The molecule has 1 aliphatic heterocycles. The Balaban J connectivity index is 1.66. The van der Waals surface area contributed by atoms with Crippen LogP contribution >= 0.6 is 0 Å². The van der Waals surface area contributed by atoms with Crippen molar-refractivity contribution < 1.29 is 19.7 Å². The molecule has 1 aliphatic rings. The van der Waals surface area contributed by atoms with Gasteiger partial charge < -0.3 is 19.8 Å². The lowest BCUT2D eigenvalue weighted by atomic mass is 9.82. The van der Waals surface area contributed by atoms with Crippen molar-refractivity contribution in [3.8, 4) is 5.75 Å². The molecule has 1 fully saturated rings. The van der Waals surface area contributed by atoms with Crippen LogP contribution in [0.25, 0.3) is 0 Å². The maximum absolute atomic E-state index is 11.6. The highest BCUT2D eigenvalue weighted by Crippen LogP contribution is 2.30. The van der Waals surface area contributed by atoms with Gasteiger partial charge in [-0.05, 0) is 54.2 Å². The second kappa shape index (κ2) is 9.92. The molecular weight excluding hydrogens is 404 g/mol. The van der Waals surface area contributed by atoms with E-state index in [1.54, 1.807) is 19.2 Å². The summed E-state index contributed by atoms with van der Waals surface area (Å²) >= 11 is 0. The van der Waals surface area contributed by atoms with Crippen LogP contribution in [0.3, 0.4) is 0 Å². The van der Waals surface area contributed by atoms with Crippen molar-refractivity contribution in [2.75, 3.05) is 38.2 Å². The minimum absolute atomic E-state index is 0.0416. The second-order valence-corrected chi connectivity index (χ2v) is 9.74. The number of ether oxygens (including phenoxy) is 1. The largest absolute Gasteiger partial charge is 0.497 e. The van der Waals surface area contributed by atoms with Gasteiger partial charge in [-0.2, -0.15) is 0 Å². The number of β-amino-alcohol motifs (C(OH)–C–C–N with tert-alkyl or cyclic N) is 1. The zero-order valence-electron chi connectivity index (χ0n) is 19.8. The molecule has 2 aromatic carbocycles. The van der Waals surface area contributed by atoms with Gasteiger partial charge in [-0.15, -0.1) is 0 Å². The first-order chi connectivity index (χ1) is 15.1. The fourth-order valence-corrected chi connectivity index (χ4v) is 4.56.